The first-order chi connectivity index (χ1) is 19.0. The minimum absolute atomic E-state index is 0.00923. The lowest BCUT2D eigenvalue weighted by Gasteiger charge is -2.49. The molecule has 2 aliphatic heterocycles. The summed E-state index contributed by atoms with van der Waals surface area (Å²) in [7, 11) is 0. The van der Waals surface area contributed by atoms with Crippen LogP contribution in [-0.2, 0) is 40.1 Å². The van der Waals surface area contributed by atoms with Gasteiger partial charge in [-0.15, -0.1) is 28.2 Å². The highest BCUT2D eigenvalue weighted by molar-refractivity contribution is 8.00. The average Bonchev–Trinajstić information content (AvgIpc) is 3.58. The maximum absolute atomic E-state index is 13.1. The number of carbonyl (C=O) groups is 4. The number of carbonyl (C=O) groups excluding carboxylic acids is 4. The molecule has 2 aromatic rings. The van der Waals surface area contributed by atoms with E-state index >= 15 is 0 Å². The lowest BCUT2D eigenvalue weighted by Crippen LogP contribution is -2.70. The third-order valence-corrected chi connectivity index (χ3v) is 7.89. The second-order valence-corrected chi connectivity index (χ2v) is 12.0. The summed E-state index contributed by atoms with van der Waals surface area (Å²) < 4.78 is 14.0. The molecule has 0 bridgehead atoms. The van der Waals surface area contributed by atoms with Crippen LogP contribution in [0.25, 0.3) is 6.08 Å². The van der Waals surface area contributed by atoms with Gasteiger partial charge in [0, 0.05) is 16.5 Å². The molecule has 0 spiro atoms. The van der Waals surface area contributed by atoms with Gasteiger partial charge in [-0.1, -0.05) is 15.7 Å². The van der Waals surface area contributed by atoms with Crippen molar-refractivity contribution in [3.63, 3.8) is 0 Å². The van der Waals surface area contributed by atoms with Crippen molar-refractivity contribution in [2.24, 2.45) is 10.6 Å². The fourth-order valence-corrected chi connectivity index (χ4v) is 5.67. The summed E-state index contributed by atoms with van der Waals surface area (Å²) >= 11 is 3.77. The molecule has 212 valence electrons. The van der Waals surface area contributed by atoms with Crippen LogP contribution in [0.1, 0.15) is 32.2 Å². The van der Waals surface area contributed by atoms with Crippen molar-refractivity contribution in [1.82, 2.24) is 24.8 Å². The highest BCUT2D eigenvalue weighted by Gasteiger charge is 2.54. The molecule has 2 amide bonds. The second kappa shape index (κ2) is 12.6. The number of amides is 2. The number of rotatable bonds is 10. The Kier molecular flexibility index (Phi) is 9.16. The van der Waals surface area contributed by atoms with Crippen LogP contribution in [0.2, 0.25) is 0 Å². The summed E-state index contributed by atoms with van der Waals surface area (Å²) in [5.74, 6) is -2.24. The van der Waals surface area contributed by atoms with Gasteiger partial charge in [0.2, 0.25) is 6.79 Å². The summed E-state index contributed by atoms with van der Waals surface area (Å²) in [5, 5.41) is 13.4. The molecule has 0 aromatic carbocycles. The van der Waals surface area contributed by atoms with Crippen LogP contribution in [0.5, 0.6) is 0 Å². The number of allylic oxidation sites excluding steroid dienone is 1. The van der Waals surface area contributed by atoms with E-state index in [-0.39, 0.29) is 12.3 Å². The number of esters is 2. The van der Waals surface area contributed by atoms with Gasteiger partial charge in [-0.25, -0.2) is 9.78 Å². The smallest absolute Gasteiger partial charge is 0.358 e. The molecule has 2 unspecified atom stereocenters. The molecule has 2 atom stereocenters. The second-order valence-electron chi connectivity index (χ2n) is 9.35. The Morgan fingerprint density at radius 3 is 2.73 bits per heavy atom. The molecular formula is C23H25N7O7S3. The first-order valence-electron chi connectivity index (χ1n) is 11.7. The zero-order chi connectivity index (χ0) is 28.9. The van der Waals surface area contributed by atoms with Crippen molar-refractivity contribution in [2.45, 2.75) is 38.8 Å². The lowest BCUT2D eigenvalue weighted by molar-refractivity contribution is -0.173. The van der Waals surface area contributed by atoms with E-state index in [9.17, 15) is 19.2 Å². The van der Waals surface area contributed by atoms with E-state index in [2.05, 4.69) is 25.0 Å². The van der Waals surface area contributed by atoms with Crippen LogP contribution in [0, 0.1) is 5.41 Å². The normalized spacial score (nSPS) is 19.0. The van der Waals surface area contributed by atoms with Crippen LogP contribution in [0.15, 0.2) is 33.3 Å². The van der Waals surface area contributed by atoms with Gasteiger partial charge in [0.15, 0.2) is 11.7 Å². The maximum atomic E-state index is 13.1. The van der Waals surface area contributed by atoms with E-state index in [1.54, 1.807) is 43.7 Å². The average molecular weight is 608 g/mol. The molecule has 1 saturated heterocycles. The first kappa shape index (κ1) is 29.2. The molecule has 1 fully saturated rings. The highest BCUT2D eigenvalue weighted by atomic mass is 32.2. The molecule has 2 aliphatic rings. The number of ether oxygens (including phenoxy) is 2. The molecule has 4 heterocycles. The SMILES string of the molecule is CC(C)(C)C(=O)OCOC(=O)C1=C(/C=C\c2csnn2)CSC2C(NC(=O)/C=N\OCc3csc(N)n3)C(=O)N12. The quantitative estimate of drug-likeness (QED) is 0.131. The number of thioether (sulfide) groups is 1. The van der Waals surface area contributed by atoms with Gasteiger partial charge in [0.25, 0.3) is 11.8 Å². The number of hydrogen-bond donors (Lipinski definition) is 2. The summed E-state index contributed by atoms with van der Waals surface area (Å²) in [6.07, 6.45) is 4.22. The minimum atomic E-state index is -0.905. The zero-order valence-corrected chi connectivity index (χ0v) is 24.0. The predicted molar refractivity (Wildman–Crippen MR) is 147 cm³/mol. The Balaban J connectivity index is 1.41. The topological polar surface area (TPSA) is 188 Å². The van der Waals surface area contributed by atoms with Gasteiger partial charge in [-0.3, -0.25) is 19.3 Å². The molecule has 0 radical (unpaired) electrons. The molecule has 0 saturated carbocycles. The number of oxime groups is 1. The molecule has 40 heavy (non-hydrogen) atoms. The van der Waals surface area contributed by atoms with Crippen molar-refractivity contribution in [2.75, 3.05) is 18.3 Å². The number of aromatic nitrogens is 3. The Morgan fingerprint density at radius 1 is 1.25 bits per heavy atom. The number of nitrogens with one attached hydrogen (secondary N) is 1. The molecule has 2 aromatic heterocycles. The van der Waals surface area contributed by atoms with Crippen LogP contribution in [0.3, 0.4) is 0 Å². The number of thiazole rings is 1. The van der Waals surface area contributed by atoms with Gasteiger partial charge in [-0.05, 0) is 44.0 Å². The Hall–Kier alpha value is -3.83. The number of nitrogens with zero attached hydrogens (tertiary/aromatic N) is 5. The largest absolute Gasteiger partial charge is 0.427 e. The Morgan fingerprint density at radius 2 is 2.05 bits per heavy atom. The Labute approximate surface area is 240 Å². The molecule has 14 nitrogen and oxygen atoms in total. The standard InChI is InChI=1S/C23H25N7O7S3/c1-23(2,3)21(34)36-11-35-20(33)17-12(4-5-13-10-40-29-28-13)8-38-19-16(18(32)30(17)19)27-15(31)6-25-37-7-14-9-39-22(24)26-14/h4-6,9-10,16,19H,7-8,11H2,1-3H3,(H2,24,26)(H,27,31)/b5-4-,25-6-. The van der Waals surface area contributed by atoms with E-state index in [4.69, 9.17) is 20.0 Å². The van der Waals surface area contributed by atoms with Crippen LogP contribution in [-0.4, -0.2) is 73.4 Å². The number of nitrogen functional groups attached to an aromatic ring is 1. The van der Waals surface area contributed by atoms with Gasteiger partial charge < -0.3 is 25.4 Å². The van der Waals surface area contributed by atoms with E-state index < -0.39 is 47.4 Å². The molecule has 17 heteroatoms. The third kappa shape index (κ3) is 7.02. The third-order valence-electron chi connectivity index (χ3n) is 5.34. The summed E-state index contributed by atoms with van der Waals surface area (Å²) in [4.78, 5) is 60.9. The van der Waals surface area contributed by atoms with Crippen LogP contribution < -0.4 is 11.1 Å². The number of fused-ring (bicyclic) bond motifs is 1. The fourth-order valence-electron chi connectivity index (χ4n) is 3.38. The van der Waals surface area contributed by atoms with Gasteiger partial charge >= 0.3 is 11.9 Å². The van der Waals surface area contributed by atoms with E-state index in [0.29, 0.717) is 27.8 Å². The van der Waals surface area contributed by atoms with Crippen molar-refractivity contribution < 1.29 is 33.5 Å². The monoisotopic (exact) mass is 607 g/mol. The van der Waals surface area contributed by atoms with Crippen molar-refractivity contribution >= 4 is 75.8 Å². The van der Waals surface area contributed by atoms with E-state index in [1.807, 2.05) is 0 Å². The maximum Gasteiger partial charge on any atom is 0.358 e. The zero-order valence-electron chi connectivity index (χ0n) is 21.6. The van der Waals surface area contributed by atoms with Crippen molar-refractivity contribution in [3.05, 3.63) is 39.5 Å². The van der Waals surface area contributed by atoms with E-state index in [0.717, 1.165) is 6.21 Å². The fraction of sp³-hybridized carbons (Fsp3) is 0.391. The number of nitrogens with two attached hydrogens (primary N) is 1. The van der Waals surface area contributed by atoms with Crippen LogP contribution in [0.4, 0.5) is 5.13 Å². The van der Waals surface area contributed by atoms with Gasteiger partial charge in [0.05, 0.1) is 16.8 Å². The number of β-lactam (4-membered cyclic amide) rings is 1. The lowest BCUT2D eigenvalue weighted by atomic mass is 9.98. The summed E-state index contributed by atoms with van der Waals surface area (Å²) in [6, 6.07) is -0.905. The molecular weight excluding hydrogens is 582 g/mol. The highest BCUT2D eigenvalue weighted by Crippen LogP contribution is 2.41. The van der Waals surface area contributed by atoms with E-state index in [1.165, 1.54) is 39.5 Å². The molecule has 3 N–H and O–H groups in total. The number of hydrogen-bond acceptors (Lipinski definition) is 15. The summed E-state index contributed by atoms with van der Waals surface area (Å²) in [6.45, 7) is 4.41. The first-order valence-corrected chi connectivity index (χ1v) is 14.4. The van der Waals surface area contributed by atoms with Crippen LogP contribution >= 0.6 is 34.6 Å². The molecule has 4 rings (SSSR count). The molecule has 0 aliphatic carbocycles. The van der Waals surface area contributed by atoms with Gasteiger partial charge in [0.1, 0.15) is 23.3 Å². The number of anilines is 1. The Bertz CT molecular complexity index is 1360. The van der Waals surface area contributed by atoms with Crippen molar-refractivity contribution in [3.8, 4) is 0 Å². The van der Waals surface area contributed by atoms with Gasteiger partial charge in [-0.2, -0.15) is 0 Å². The summed E-state index contributed by atoms with van der Waals surface area (Å²) in [5.41, 5.74) is 6.41. The van der Waals surface area contributed by atoms with Crippen molar-refractivity contribution in [1.29, 1.82) is 0 Å². The predicted octanol–water partition coefficient (Wildman–Crippen LogP) is 1.54. The minimum Gasteiger partial charge on any atom is -0.427 e.